The van der Waals surface area contributed by atoms with Crippen molar-refractivity contribution in [1.29, 1.82) is 0 Å². The number of nitrogens with one attached hydrogen (secondary N) is 1. The molecule has 0 amide bonds. The molecule has 28 heavy (non-hydrogen) atoms. The first-order valence-corrected chi connectivity index (χ1v) is 11.5. The maximum Gasteiger partial charge on any atom is 0.263 e. The highest BCUT2D eigenvalue weighted by molar-refractivity contribution is 7.93. The molecular weight excluding hydrogens is 392 g/mol. The summed E-state index contributed by atoms with van der Waals surface area (Å²) in [5, 5.41) is 0.267. The van der Waals surface area contributed by atoms with E-state index in [9.17, 15) is 8.42 Å². The molecule has 1 saturated heterocycles. The minimum Gasteiger partial charge on any atom is -0.292 e. The largest absolute Gasteiger partial charge is 0.292 e. The maximum atomic E-state index is 12.5. The van der Waals surface area contributed by atoms with Crippen LogP contribution < -0.4 is 4.72 Å². The van der Waals surface area contributed by atoms with E-state index in [1.807, 2.05) is 18.2 Å². The summed E-state index contributed by atoms with van der Waals surface area (Å²) in [5.74, 6) is 0. The molecule has 2 aromatic carbocycles. The van der Waals surface area contributed by atoms with Gasteiger partial charge in [-0.15, -0.1) is 0 Å². The van der Waals surface area contributed by atoms with Gasteiger partial charge in [-0.3, -0.25) is 9.62 Å². The normalized spacial score (nSPS) is 18.1. The lowest BCUT2D eigenvalue weighted by atomic mass is 9.95. The van der Waals surface area contributed by atoms with E-state index < -0.39 is 10.0 Å². The first kappa shape index (κ1) is 19.0. The predicted molar refractivity (Wildman–Crippen MR) is 111 cm³/mol. The number of sulfonamides is 1. The zero-order valence-corrected chi connectivity index (χ0v) is 17.0. The Balaban J connectivity index is 1.48. The molecule has 1 aromatic heterocycles. The van der Waals surface area contributed by atoms with Crippen molar-refractivity contribution < 1.29 is 8.42 Å². The molecule has 6 nitrogen and oxygen atoms in total. The number of nitrogens with zero attached hydrogens (tertiary/aromatic N) is 3. The number of piperidine rings is 1. The highest BCUT2D eigenvalue weighted by atomic mass is 32.2. The van der Waals surface area contributed by atoms with E-state index in [4.69, 9.17) is 0 Å². The van der Waals surface area contributed by atoms with E-state index in [-0.39, 0.29) is 10.0 Å². The van der Waals surface area contributed by atoms with E-state index in [1.165, 1.54) is 24.7 Å². The number of hydrogen-bond acceptors (Lipinski definition) is 6. The summed E-state index contributed by atoms with van der Waals surface area (Å²) < 4.78 is 31.2. The molecule has 2 heterocycles. The molecule has 1 aliphatic rings. The monoisotopic (exact) mass is 414 g/mol. The van der Waals surface area contributed by atoms with Crippen LogP contribution in [-0.2, 0) is 16.6 Å². The van der Waals surface area contributed by atoms with Gasteiger partial charge in [0.05, 0.1) is 4.90 Å². The number of rotatable bonds is 6. The van der Waals surface area contributed by atoms with Crippen LogP contribution in [0.2, 0.25) is 0 Å². The van der Waals surface area contributed by atoms with Crippen molar-refractivity contribution in [2.45, 2.75) is 36.7 Å². The van der Waals surface area contributed by atoms with Gasteiger partial charge in [-0.2, -0.15) is 4.37 Å². The molecule has 1 N–H and O–H groups in total. The number of likely N-dealkylation sites (tertiary alicyclic amines) is 1. The Morgan fingerprint density at radius 3 is 2.57 bits per heavy atom. The molecule has 8 heteroatoms. The summed E-state index contributed by atoms with van der Waals surface area (Å²) in [6, 6.07) is 18.1. The molecule has 0 bridgehead atoms. The fourth-order valence-electron chi connectivity index (χ4n) is 3.63. The molecule has 3 aromatic rings. The van der Waals surface area contributed by atoms with Crippen LogP contribution in [0.5, 0.6) is 0 Å². The molecule has 1 aliphatic heterocycles. The smallest absolute Gasteiger partial charge is 0.263 e. The van der Waals surface area contributed by atoms with Crippen molar-refractivity contribution in [3.63, 3.8) is 0 Å². The van der Waals surface area contributed by atoms with Gasteiger partial charge in [-0.25, -0.2) is 13.4 Å². The molecule has 0 radical (unpaired) electrons. The number of anilines is 1. The first-order valence-electron chi connectivity index (χ1n) is 9.29. The fourth-order valence-corrected chi connectivity index (χ4v) is 5.29. The quantitative estimate of drug-likeness (QED) is 0.658. The molecule has 4 rings (SSSR count). The molecule has 1 atom stereocenters. The van der Waals surface area contributed by atoms with Gasteiger partial charge in [0.15, 0.2) is 0 Å². The Morgan fingerprint density at radius 1 is 1.07 bits per heavy atom. The predicted octanol–water partition coefficient (Wildman–Crippen LogP) is 4.07. The molecular formula is C20H22N4O2S2. The minimum atomic E-state index is -3.64. The van der Waals surface area contributed by atoms with E-state index in [2.05, 4.69) is 43.2 Å². The van der Waals surface area contributed by atoms with Crippen molar-refractivity contribution in [1.82, 2.24) is 14.3 Å². The summed E-state index contributed by atoms with van der Waals surface area (Å²) in [6.07, 6.45) is 4.92. The third-order valence-corrected chi connectivity index (χ3v) is 7.06. The van der Waals surface area contributed by atoms with E-state index in [0.29, 0.717) is 6.04 Å². The highest BCUT2D eigenvalue weighted by Crippen LogP contribution is 2.32. The van der Waals surface area contributed by atoms with Gasteiger partial charge >= 0.3 is 0 Å². The van der Waals surface area contributed by atoms with Crippen LogP contribution in [-0.4, -0.2) is 29.2 Å². The molecule has 0 spiro atoms. The van der Waals surface area contributed by atoms with Gasteiger partial charge in [0, 0.05) is 24.1 Å². The van der Waals surface area contributed by atoms with E-state index in [1.54, 1.807) is 12.1 Å². The Bertz CT molecular complexity index is 990. The van der Waals surface area contributed by atoms with Crippen LogP contribution in [0.15, 0.2) is 65.8 Å². The summed E-state index contributed by atoms with van der Waals surface area (Å²) in [6.45, 7) is 1.86. The van der Waals surface area contributed by atoms with Crippen molar-refractivity contribution >= 4 is 26.7 Å². The van der Waals surface area contributed by atoms with Gasteiger partial charge < -0.3 is 0 Å². The first-order chi connectivity index (χ1) is 13.6. The summed E-state index contributed by atoms with van der Waals surface area (Å²) in [5.41, 5.74) is 2.46. The second-order valence-corrected chi connectivity index (χ2v) is 9.35. The van der Waals surface area contributed by atoms with Crippen LogP contribution >= 0.6 is 11.5 Å². The average Bonchev–Trinajstić information content (AvgIpc) is 3.22. The maximum absolute atomic E-state index is 12.5. The van der Waals surface area contributed by atoms with Gasteiger partial charge in [-0.1, -0.05) is 48.9 Å². The molecule has 1 fully saturated rings. The topological polar surface area (TPSA) is 75.2 Å². The molecule has 146 valence electrons. The zero-order valence-electron chi connectivity index (χ0n) is 15.4. The van der Waals surface area contributed by atoms with Crippen LogP contribution in [0.25, 0.3) is 0 Å². The van der Waals surface area contributed by atoms with Crippen LogP contribution in [0.1, 0.15) is 36.4 Å². The third-order valence-electron chi connectivity index (χ3n) is 5.00. The Kier molecular flexibility index (Phi) is 5.70. The zero-order chi connectivity index (χ0) is 19.4. The molecule has 0 saturated carbocycles. The SMILES string of the molecule is O=S(=O)(Nc1ncns1)c1ccc(CN2CCCC[C@H]2c2ccccc2)cc1. The number of benzene rings is 2. The molecule has 0 aliphatic carbocycles. The number of hydrogen-bond donors (Lipinski definition) is 1. The standard InChI is InChI=1S/C20H22N4O2S2/c25-28(26,23-20-21-15-22-27-20)18-11-9-16(10-12-18)14-24-13-5-4-8-19(24)17-6-2-1-3-7-17/h1-3,6-7,9-12,15,19H,4-5,8,13-14H2,(H,21,22,23)/t19-/m0/s1. The van der Waals surface area contributed by atoms with Crippen LogP contribution in [0, 0.1) is 0 Å². The lowest BCUT2D eigenvalue weighted by Gasteiger charge is -2.36. The molecule has 0 unspecified atom stereocenters. The summed E-state index contributed by atoms with van der Waals surface area (Å²) >= 11 is 1.01. The Hall–Kier alpha value is -2.29. The fraction of sp³-hybridized carbons (Fsp3) is 0.300. The summed E-state index contributed by atoms with van der Waals surface area (Å²) in [4.78, 5) is 6.58. The lowest BCUT2D eigenvalue weighted by Crippen LogP contribution is -2.32. The summed E-state index contributed by atoms with van der Waals surface area (Å²) in [7, 11) is -3.64. The van der Waals surface area contributed by atoms with Crippen LogP contribution in [0.3, 0.4) is 0 Å². The highest BCUT2D eigenvalue weighted by Gasteiger charge is 2.24. The van der Waals surface area contributed by atoms with Crippen LogP contribution in [0.4, 0.5) is 5.13 Å². The van der Waals surface area contributed by atoms with Gasteiger partial charge in [0.2, 0.25) is 5.13 Å². The second kappa shape index (κ2) is 8.38. The van der Waals surface area contributed by atoms with Gasteiger partial charge in [0.25, 0.3) is 10.0 Å². The van der Waals surface area contributed by atoms with Gasteiger partial charge in [-0.05, 0) is 42.6 Å². The van der Waals surface area contributed by atoms with Crippen molar-refractivity contribution in [2.24, 2.45) is 0 Å². The number of aromatic nitrogens is 2. The van der Waals surface area contributed by atoms with Gasteiger partial charge in [0.1, 0.15) is 6.33 Å². The van der Waals surface area contributed by atoms with E-state index in [0.717, 1.165) is 36.6 Å². The minimum absolute atomic E-state index is 0.227. The Labute approximate surface area is 169 Å². The average molecular weight is 415 g/mol. The van der Waals surface area contributed by atoms with Crippen molar-refractivity contribution in [3.05, 3.63) is 72.1 Å². The third kappa shape index (κ3) is 4.40. The second-order valence-electron chi connectivity index (χ2n) is 6.89. The van der Waals surface area contributed by atoms with E-state index >= 15 is 0 Å². The Morgan fingerprint density at radius 2 is 1.86 bits per heavy atom. The van der Waals surface area contributed by atoms with Crippen molar-refractivity contribution in [3.8, 4) is 0 Å². The lowest BCUT2D eigenvalue weighted by molar-refractivity contribution is 0.140. The van der Waals surface area contributed by atoms with Crippen molar-refractivity contribution in [2.75, 3.05) is 11.3 Å².